The monoisotopic (exact) mass is 355 g/mol. The van der Waals surface area contributed by atoms with Crippen LogP contribution < -0.4 is 15.8 Å². The Morgan fingerprint density at radius 3 is 2.90 bits per heavy atom. The highest BCUT2D eigenvalue weighted by Crippen LogP contribution is 2.33. The van der Waals surface area contributed by atoms with E-state index in [0.717, 1.165) is 27.8 Å². The summed E-state index contributed by atoms with van der Waals surface area (Å²) in [5, 5.41) is 2.82. The van der Waals surface area contributed by atoms with Crippen molar-refractivity contribution in [1.29, 1.82) is 0 Å². The van der Waals surface area contributed by atoms with Gasteiger partial charge in [0.2, 0.25) is 0 Å². The normalized spacial score (nSPS) is 12.9. The Hall–Kier alpha value is -1.89. The predicted molar refractivity (Wildman–Crippen MR) is 79.2 cm³/mol. The van der Waals surface area contributed by atoms with Crippen molar-refractivity contribution in [1.82, 2.24) is 4.98 Å². The summed E-state index contributed by atoms with van der Waals surface area (Å²) in [4.78, 5) is 3.67. The van der Waals surface area contributed by atoms with Crippen LogP contribution in [0.3, 0.4) is 0 Å². The number of aromatic nitrogens is 1. The number of fused-ring (bicyclic) bond motifs is 1. The lowest BCUT2D eigenvalue weighted by atomic mass is 10.1. The summed E-state index contributed by atoms with van der Waals surface area (Å²) in [6.07, 6.45) is 0.845. The number of halogens is 3. The fraction of sp³-hybridized carbons (Fsp3) is 0.214. The fourth-order valence-electron chi connectivity index (χ4n) is 2.26. The van der Waals surface area contributed by atoms with Gasteiger partial charge in [-0.2, -0.15) is 0 Å². The van der Waals surface area contributed by atoms with E-state index in [2.05, 4.69) is 26.2 Å². The van der Waals surface area contributed by atoms with Crippen molar-refractivity contribution in [2.45, 2.75) is 13.0 Å². The number of benzene rings is 1. The summed E-state index contributed by atoms with van der Waals surface area (Å²) in [6.45, 7) is 0.936. The number of ether oxygens (including phenoxy) is 1. The third-order valence-corrected chi connectivity index (χ3v) is 3.69. The number of nitrogen functional groups attached to an aromatic ring is 1. The largest absolute Gasteiger partial charge is 0.493 e. The van der Waals surface area contributed by atoms with Gasteiger partial charge in [-0.15, -0.1) is 0 Å². The molecule has 0 unspecified atom stereocenters. The zero-order valence-corrected chi connectivity index (χ0v) is 12.5. The maximum Gasteiger partial charge on any atom is 0.168 e. The molecule has 1 aromatic carbocycles. The number of hydrogen-bond donors (Lipinski definition) is 2. The van der Waals surface area contributed by atoms with Crippen molar-refractivity contribution >= 4 is 27.6 Å². The minimum atomic E-state index is -0.871. The third-order valence-electron chi connectivity index (χ3n) is 3.23. The molecule has 3 N–H and O–H groups in total. The lowest BCUT2D eigenvalue weighted by Crippen LogP contribution is -2.07. The lowest BCUT2D eigenvalue weighted by molar-refractivity contribution is 0.354. The number of nitrogens with two attached hydrogens (primary N) is 1. The average molecular weight is 356 g/mol. The van der Waals surface area contributed by atoms with Crippen LogP contribution >= 0.6 is 15.9 Å². The van der Waals surface area contributed by atoms with Gasteiger partial charge in [0, 0.05) is 29.1 Å². The molecule has 0 saturated heterocycles. The van der Waals surface area contributed by atoms with Gasteiger partial charge in [0.1, 0.15) is 5.75 Å². The van der Waals surface area contributed by atoms with Gasteiger partial charge in [0.15, 0.2) is 23.3 Å². The number of nitrogens with one attached hydrogen (secondary N) is 1. The molecule has 1 aliphatic rings. The molecule has 7 heteroatoms. The van der Waals surface area contributed by atoms with Crippen molar-refractivity contribution in [2.24, 2.45) is 0 Å². The number of rotatable bonds is 3. The highest BCUT2D eigenvalue weighted by molar-refractivity contribution is 9.10. The van der Waals surface area contributed by atoms with Crippen LogP contribution in [0.25, 0.3) is 0 Å². The molecule has 21 heavy (non-hydrogen) atoms. The van der Waals surface area contributed by atoms with Gasteiger partial charge in [-0.1, -0.05) is 15.9 Å². The Balaban J connectivity index is 1.84. The second-order valence-electron chi connectivity index (χ2n) is 4.69. The molecular formula is C14H12BrF2N3O. The van der Waals surface area contributed by atoms with Crippen LogP contribution in [0.5, 0.6) is 5.75 Å². The van der Waals surface area contributed by atoms with E-state index in [4.69, 9.17) is 10.5 Å². The van der Waals surface area contributed by atoms with Gasteiger partial charge in [-0.05, 0) is 17.7 Å². The first-order valence-electron chi connectivity index (χ1n) is 6.34. The van der Waals surface area contributed by atoms with E-state index in [1.807, 2.05) is 12.1 Å². The molecule has 0 amide bonds. The molecule has 0 radical (unpaired) electrons. The molecule has 2 aromatic rings. The quantitative estimate of drug-likeness (QED) is 0.887. The number of pyridine rings is 1. The van der Waals surface area contributed by atoms with Crippen LogP contribution in [0, 0.1) is 11.6 Å². The molecule has 1 aromatic heterocycles. The summed E-state index contributed by atoms with van der Waals surface area (Å²) in [7, 11) is 0. The van der Waals surface area contributed by atoms with Gasteiger partial charge in [-0.3, -0.25) is 0 Å². The number of nitrogens with zero attached hydrogens (tertiary/aromatic N) is 1. The van der Waals surface area contributed by atoms with Crippen molar-refractivity contribution in [2.75, 3.05) is 17.7 Å². The summed E-state index contributed by atoms with van der Waals surface area (Å²) >= 11 is 3.43. The molecule has 4 nitrogen and oxygen atoms in total. The number of hydrogen-bond acceptors (Lipinski definition) is 4. The van der Waals surface area contributed by atoms with E-state index in [-0.39, 0.29) is 11.6 Å². The predicted octanol–water partition coefficient (Wildman–Crippen LogP) is 3.25. The Bertz CT molecular complexity index is 709. The summed E-state index contributed by atoms with van der Waals surface area (Å²) in [5.41, 5.74) is 7.33. The van der Waals surface area contributed by atoms with Crippen molar-refractivity contribution < 1.29 is 13.5 Å². The van der Waals surface area contributed by atoms with Crippen molar-refractivity contribution in [3.05, 3.63) is 45.4 Å². The maximum atomic E-state index is 13.6. The highest BCUT2D eigenvalue weighted by Gasteiger charge is 2.18. The zero-order valence-electron chi connectivity index (χ0n) is 10.9. The van der Waals surface area contributed by atoms with Gasteiger partial charge in [0.25, 0.3) is 0 Å². The lowest BCUT2D eigenvalue weighted by Gasteiger charge is -2.11. The Morgan fingerprint density at radius 2 is 2.10 bits per heavy atom. The molecular weight excluding hydrogens is 344 g/mol. The zero-order chi connectivity index (χ0) is 15.0. The van der Waals surface area contributed by atoms with E-state index in [1.165, 1.54) is 0 Å². The minimum Gasteiger partial charge on any atom is -0.493 e. The first kappa shape index (κ1) is 14.1. The molecule has 0 atom stereocenters. The van der Waals surface area contributed by atoms with Crippen LogP contribution in [-0.4, -0.2) is 11.6 Å². The van der Waals surface area contributed by atoms with E-state index < -0.39 is 11.6 Å². The average Bonchev–Trinajstić information content (AvgIpc) is 2.89. The summed E-state index contributed by atoms with van der Waals surface area (Å²) in [6, 6.07) is 4.61. The van der Waals surface area contributed by atoms with E-state index in [1.54, 1.807) is 0 Å². The smallest absolute Gasteiger partial charge is 0.168 e. The van der Waals surface area contributed by atoms with Gasteiger partial charge in [-0.25, -0.2) is 13.8 Å². The summed E-state index contributed by atoms with van der Waals surface area (Å²) in [5.74, 6) is -1.27. The van der Waals surface area contributed by atoms with Crippen LogP contribution in [0.1, 0.15) is 11.1 Å². The maximum absolute atomic E-state index is 13.6. The molecule has 0 spiro atoms. The third kappa shape index (κ3) is 2.78. The standard InChI is InChI=1S/C14H12BrF2N3O/c15-9-3-7-1-2-21-12(7)8(4-9)6-19-14-11(17)5-10(16)13(18)20-14/h3-5H,1-2,6H2,(H3,18,19,20). The van der Waals surface area contributed by atoms with Crippen LogP contribution in [0.4, 0.5) is 20.4 Å². The fourth-order valence-corrected chi connectivity index (χ4v) is 2.81. The van der Waals surface area contributed by atoms with Crippen molar-refractivity contribution in [3.63, 3.8) is 0 Å². The second-order valence-corrected chi connectivity index (χ2v) is 5.61. The second kappa shape index (κ2) is 5.48. The highest BCUT2D eigenvalue weighted by atomic mass is 79.9. The minimum absolute atomic E-state index is 0.0828. The SMILES string of the molecule is Nc1nc(NCc2cc(Br)cc3c2OCC3)c(F)cc1F. The molecule has 1 aliphatic heterocycles. The number of anilines is 2. The molecule has 0 aliphatic carbocycles. The van der Waals surface area contributed by atoms with E-state index in [0.29, 0.717) is 19.2 Å². The Kier molecular flexibility index (Phi) is 3.67. The molecule has 2 heterocycles. The molecule has 0 bridgehead atoms. The summed E-state index contributed by atoms with van der Waals surface area (Å²) < 4.78 is 33.2. The Morgan fingerprint density at radius 1 is 1.29 bits per heavy atom. The van der Waals surface area contributed by atoms with Crippen LogP contribution in [0.15, 0.2) is 22.7 Å². The van der Waals surface area contributed by atoms with Gasteiger partial charge < -0.3 is 15.8 Å². The molecule has 110 valence electrons. The first-order valence-corrected chi connectivity index (χ1v) is 7.13. The first-order chi connectivity index (χ1) is 10.0. The Labute approximate surface area is 128 Å². The molecule has 3 rings (SSSR count). The van der Waals surface area contributed by atoms with Gasteiger partial charge in [0.05, 0.1) is 6.61 Å². The van der Waals surface area contributed by atoms with E-state index in [9.17, 15) is 8.78 Å². The van der Waals surface area contributed by atoms with Crippen molar-refractivity contribution in [3.8, 4) is 5.75 Å². The molecule has 0 fully saturated rings. The molecule has 0 saturated carbocycles. The van der Waals surface area contributed by atoms with Crippen LogP contribution in [-0.2, 0) is 13.0 Å². The topological polar surface area (TPSA) is 60.2 Å². The van der Waals surface area contributed by atoms with E-state index >= 15 is 0 Å². The van der Waals surface area contributed by atoms with Crippen LogP contribution in [0.2, 0.25) is 0 Å². The van der Waals surface area contributed by atoms with Gasteiger partial charge >= 0.3 is 0 Å².